The third-order valence-corrected chi connectivity index (χ3v) is 4.65. The molecule has 0 radical (unpaired) electrons. The van der Waals surface area contributed by atoms with Crippen molar-refractivity contribution in [1.29, 1.82) is 0 Å². The molecule has 0 saturated heterocycles. The Bertz CT molecular complexity index is 1030. The number of benzene rings is 2. The average molecular weight is 380 g/mol. The predicted molar refractivity (Wildman–Crippen MR) is 100 cm³/mol. The molecule has 1 aromatic heterocycles. The topological polar surface area (TPSA) is 96.1 Å². The fourth-order valence-corrected chi connectivity index (χ4v) is 3.15. The number of hydrogen-bond donors (Lipinski definition) is 3. The Balaban J connectivity index is 1.61. The van der Waals surface area contributed by atoms with Gasteiger partial charge in [-0.1, -0.05) is 6.07 Å². The number of aromatic nitrogens is 2. The molecule has 0 unspecified atom stereocenters. The van der Waals surface area contributed by atoms with Crippen molar-refractivity contribution in [2.75, 3.05) is 11.9 Å². The molecule has 1 aliphatic heterocycles. The molecule has 0 saturated carbocycles. The Hall–Kier alpha value is -3.68. The highest BCUT2D eigenvalue weighted by Crippen LogP contribution is 2.37. The molecule has 2 amide bonds. The Morgan fingerprint density at radius 3 is 2.71 bits per heavy atom. The molecule has 0 aliphatic carbocycles. The molecule has 28 heavy (non-hydrogen) atoms. The molecular weight excluding hydrogens is 363 g/mol. The number of carbonyl (C=O) groups is 2. The number of fused-ring (bicyclic) bond motifs is 1. The summed E-state index contributed by atoms with van der Waals surface area (Å²) in [6.07, 6.45) is 1.05. The second-order valence-electron chi connectivity index (χ2n) is 6.67. The van der Waals surface area contributed by atoms with E-state index in [0.717, 1.165) is 16.8 Å². The van der Waals surface area contributed by atoms with E-state index in [0.29, 0.717) is 11.3 Å². The number of halogens is 1. The molecule has 2 aromatic carbocycles. The number of amides is 2. The summed E-state index contributed by atoms with van der Waals surface area (Å²) in [5.74, 6) is -0.807. The van der Waals surface area contributed by atoms with E-state index < -0.39 is 17.5 Å². The van der Waals surface area contributed by atoms with Gasteiger partial charge in [0.15, 0.2) is 5.60 Å². The summed E-state index contributed by atoms with van der Waals surface area (Å²) in [6.45, 7) is 1.78. The number of ether oxygens (including phenoxy) is 1. The van der Waals surface area contributed by atoms with Crippen LogP contribution in [-0.4, -0.2) is 28.7 Å². The van der Waals surface area contributed by atoms with E-state index in [-0.39, 0.29) is 12.5 Å². The summed E-state index contributed by atoms with van der Waals surface area (Å²) in [7, 11) is 0. The Labute approximate surface area is 159 Å². The number of aromatic amines is 1. The zero-order valence-electron chi connectivity index (χ0n) is 15.0. The highest BCUT2D eigenvalue weighted by Gasteiger charge is 2.38. The lowest BCUT2D eigenvalue weighted by Gasteiger charge is -2.36. The molecule has 4 rings (SSSR count). The molecule has 1 aliphatic rings. The summed E-state index contributed by atoms with van der Waals surface area (Å²) in [5, 5.41) is 12.3. The van der Waals surface area contributed by atoms with Gasteiger partial charge in [0.25, 0.3) is 5.91 Å². The summed E-state index contributed by atoms with van der Waals surface area (Å²) >= 11 is 0. The lowest BCUT2D eigenvalue weighted by atomic mass is 9.90. The van der Waals surface area contributed by atoms with Crippen molar-refractivity contribution in [3.8, 4) is 11.3 Å². The Morgan fingerprint density at radius 2 is 2.00 bits per heavy atom. The van der Waals surface area contributed by atoms with Crippen molar-refractivity contribution >= 4 is 17.7 Å². The van der Waals surface area contributed by atoms with Crippen LogP contribution in [0, 0.1) is 5.82 Å². The minimum atomic E-state index is -1.08. The van der Waals surface area contributed by atoms with E-state index in [1.807, 2.05) is 18.2 Å². The van der Waals surface area contributed by atoms with Crippen LogP contribution in [0.3, 0.4) is 0 Å². The number of anilines is 1. The molecule has 7 nitrogen and oxygen atoms in total. The average Bonchev–Trinajstić information content (AvgIpc) is 3.21. The second kappa shape index (κ2) is 6.80. The lowest BCUT2D eigenvalue weighted by Crippen LogP contribution is -2.46. The van der Waals surface area contributed by atoms with Crippen molar-refractivity contribution in [3.63, 3.8) is 0 Å². The van der Waals surface area contributed by atoms with Gasteiger partial charge < -0.3 is 10.1 Å². The summed E-state index contributed by atoms with van der Waals surface area (Å²) in [6, 6.07) is 12.6. The Morgan fingerprint density at radius 1 is 1.21 bits per heavy atom. The van der Waals surface area contributed by atoms with Crippen molar-refractivity contribution in [3.05, 3.63) is 71.7 Å². The van der Waals surface area contributed by atoms with Gasteiger partial charge in [0.2, 0.25) is 0 Å². The normalized spacial score (nSPS) is 18.0. The summed E-state index contributed by atoms with van der Waals surface area (Å²) < 4.78 is 18.6. The fraction of sp³-hybridized carbons (Fsp3) is 0.150. The maximum Gasteiger partial charge on any atom is 0.412 e. The molecule has 0 fully saturated rings. The van der Waals surface area contributed by atoms with Crippen LogP contribution in [0.5, 0.6) is 0 Å². The van der Waals surface area contributed by atoms with Crippen LogP contribution in [0.25, 0.3) is 11.3 Å². The van der Waals surface area contributed by atoms with Gasteiger partial charge in [-0.2, -0.15) is 5.10 Å². The van der Waals surface area contributed by atoms with Gasteiger partial charge in [-0.05, 0) is 49.4 Å². The molecular formula is C20H17FN4O3. The molecule has 0 bridgehead atoms. The third-order valence-electron chi connectivity index (χ3n) is 4.65. The molecule has 3 N–H and O–H groups in total. The first-order chi connectivity index (χ1) is 13.4. The molecule has 3 aromatic rings. The van der Waals surface area contributed by atoms with Crippen LogP contribution >= 0.6 is 0 Å². The van der Waals surface area contributed by atoms with Gasteiger partial charge in [-0.3, -0.25) is 15.2 Å². The van der Waals surface area contributed by atoms with Crippen LogP contribution in [0.15, 0.2) is 54.7 Å². The number of rotatable bonds is 4. The SMILES string of the molecule is C[C@]1(CNC(=O)c2ccc(F)cc2)OC(=O)Nc2ccc(-c3ccn[nH]3)cc21. The monoisotopic (exact) mass is 380 g/mol. The van der Waals surface area contributed by atoms with E-state index in [2.05, 4.69) is 20.8 Å². The Kier molecular flexibility index (Phi) is 4.31. The maximum absolute atomic E-state index is 13.0. The zero-order chi connectivity index (χ0) is 19.7. The molecule has 2 heterocycles. The van der Waals surface area contributed by atoms with Crippen molar-refractivity contribution in [2.45, 2.75) is 12.5 Å². The minimum absolute atomic E-state index is 0.0516. The van der Waals surface area contributed by atoms with E-state index in [4.69, 9.17) is 4.74 Å². The van der Waals surface area contributed by atoms with E-state index in [9.17, 15) is 14.0 Å². The zero-order valence-corrected chi connectivity index (χ0v) is 15.0. The quantitative estimate of drug-likeness (QED) is 0.646. The van der Waals surface area contributed by atoms with E-state index in [1.54, 1.807) is 19.2 Å². The maximum atomic E-state index is 13.0. The van der Waals surface area contributed by atoms with Crippen LogP contribution in [-0.2, 0) is 10.3 Å². The number of nitrogens with zero attached hydrogens (tertiary/aromatic N) is 1. The third kappa shape index (κ3) is 3.32. The van der Waals surface area contributed by atoms with Gasteiger partial charge in [-0.25, -0.2) is 9.18 Å². The lowest BCUT2D eigenvalue weighted by molar-refractivity contribution is 0.0262. The first kappa shape index (κ1) is 17.7. The van der Waals surface area contributed by atoms with Gasteiger partial charge in [0.1, 0.15) is 5.82 Å². The standard InChI is InChI=1S/C20H17FN4O3/c1-20(11-22-18(26)12-2-5-14(21)6-3-12)15-10-13(16-8-9-23-25-16)4-7-17(15)24-19(27)28-20/h2-10H,11H2,1H3,(H,22,26)(H,23,25)(H,24,27)/t20-/m1/s1. The molecule has 142 valence electrons. The van der Waals surface area contributed by atoms with Crippen LogP contribution in [0.2, 0.25) is 0 Å². The van der Waals surface area contributed by atoms with Gasteiger partial charge in [0, 0.05) is 22.9 Å². The van der Waals surface area contributed by atoms with Gasteiger partial charge in [0.05, 0.1) is 17.9 Å². The first-order valence-corrected chi connectivity index (χ1v) is 8.63. The van der Waals surface area contributed by atoms with E-state index in [1.165, 1.54) is 24.3 Å². The highest BCUT2D eigenvalue weighted by molar-refractivity contribution is 5.94. The van der Waals surface area contributed by atoms with Crippen molar-refractivity contribution < 1.29 is 18.7 Å². The molecule has 1 atom stereocenters. The number of carbonyl (C=O) groups excluding carboxylic acids is 2. The number of nitrogens with one attached hydrogen (secondary N) is 3. The highest BCUT2D eigenvalue weighted by atomic mass is 19.1. The minimum Gasteiger partial charge on any atom is -0.436 e. The van der Waals surface area contributed by atoms with Crippen molar-refractivity contribution in [1.82, 2.24) is 15.5 Å². The van der Waals surface area contributed by atoms with Crippen LogP contribution in [0.1, 0.15) is 22.8 Å². The summed E-state index contributed by atoms with van der Waals surface area (Å²) in [5.41, 5.74) is 2.25. The number of cyclic esters (lactones) is 1. The largest absolute Gasteiger partial charge is 0.436 e. The van der Waals surface area contributed by atoms with Gasteiger partial charge in [-0.15, -0.1) is 0 Å². The fourth-order valence-electron chi connectivity index (χ4n) is 3.15. The van der Waals surface area contributed by atoms with Crippen LogP contribution < -0.4 is 10.6 Å². The number of hydrogen-bond acceptors (Lipinski definition) is 4. The van der Waals surface area contributed by atoms with Gasteiger partial charge >= 0.3 is 6.09 Å². The molecule has 0 spiro atoms. The first-order valence-electron chi connectivity index (χ1n) is 8.63. The second-order valence-corrected chi connectivity index (χ2v) is 6.67. The van der Waals surface area contributed by atoms with E-state index >= 15 is 0 Å². The predicted octanol–water partition coefficient (Wildman–Crippen LogP) is 3.42. The van der Waals surface area contributed by atoms with Crippen LogP contribution in [0.4, 0.5) is 14.9 Å². The number of H-pyrrole nitrogens is 1. The van der Waals surface area contributed by atoms with Crippen molar-refractivity contribution in [2.24, 2.45) is 0 Å². The molecule has 8 heteroatoms. The summed E-state index contributed by atoms with van der Waals surface area (Å²) in [4.78, 5) is 24.4. The smallest absolute Gasteiger partial charge is 0.412 e.